The number of fused-ring (bicyclic) bond motifs is 1. The number of hydrogen-bond donors (Lipinski definition) is 2. The van der Waals surface area contributed by atoms with E-state index in [-0.39, 0.29) is 29.7 Å². The summed E-state index contributed by atoms with van der Waals surface area (Å²) in [5, 5.41) is 20.2. The number of aromatic nitrogens is 2. The monoisotopic (exact) mass is 555 g/mol. The van der Waals surface area contributed by atoms with Gasteiger partial charge in [0.05, 0.1) is 11.6 Å². The lowest BCUT2D eigenvalue weighted by Crippen LogP contribution is -2.64. The molecule has 1 amide bonds. The molecule has 8 nitrogen and oxygen atoms in total. The van der Waals surface area contributed by atoms with Crippen LogP contribution in [0.15, 0.2) is 70.1 Å². The van der Waals surface area contributed by atoms with Gasteiger partial charge >= 0.3 is 12.3 Å². The third-order valence-electron chi connectivity index (χ3n) is 7.21. The molecule has 0 spiro atoms. The largest absolute Gasteiger partial charge is 0.465 e. The van der Waals surface area contributed by atoms with Crippen LogP contribution in [0.25, 0.3) is 33.6 Å². The van der Waals surface area contributed by atoms with Gasteiger partial charge in [-0.3, -0.25) is 14.3 Å². The first kappa shape index (κ1) is 27.4. The van der Waals surface area contributed by atoms with Crippen LogP contribution in [0.2, 0.25) is 0 Å². The Morgan fingerprint density at radius 2 is 1.70 bits per heavy atom. The van der Waals surface area contributed by atoms with Gasteiger partial charge < -0.3 is 14.6 Å². The van der Waals surface area contributed by atoms with Crippen LogP contribution < -0.4 is 5.56 Å². The summed E-state index contributed by atoms with van der Waals surface area (Å²) in [7, 11) is 0. The molecule has 2 heterocycles. The first-order chi connectivity index (χ1) is 18.7. The highest BCUT2D eigenvalue weighted by Gasteiger charge is 2.54. The third-order valence-corrected chi connectivity index (χ3v) is 7.21. The van der Waals surface area contributed by atoms with Crippen molar-refractivity contribution in [2.24, 2.45) is 0 Å². The Hall–Kier alpha value is -4.12. The zero-order valence-electron chi connectivity index (χ0n) is 22.1. The molecule has 1 aliphatic carbocycles. The summed E-state index contributed by atoms with van der Waals surface area (Å²) in [5.41, 5.74) is -0.573. The third kappa shape index (κ3) is 4.74. The van der Waals surface area contributed by atoms with Crippen molar-refractivity contribution in [3.63, 3.8) is 0 Å². The van der Waals surface area contributed by atoms with Gasteiger partial charge in [0, 0.05) is 29.5 Å². The average Bonchev–Trinajstić information content (AvgIpc) is 3.24. The standard InChI is InChI=1S/C29H28F3N3O5/c1-27(2,3)35(26(38)39)28(13-20(36)14-28)19-11-9-18(10-12-19)23-21(17-7-5-4-6-8-17)22-24(40-23)33-16-34(25(22)37)15-29(30,31)32/h4-12,16,20,36H,13-15H2,1-3H3,(H,38,39). The van der Waals surface area contributed by atoms with Crippen molar-refractivity contribution < 1.29 is 32.6 Å². The fourth-order valence-electron chi connectivity index (χ4n) is 5.73. The minimum Gasteiger partial charge on any atom is -0.465 e. The molecule has 40 heavy (non-hydrogen) atoms. The van der Waals surface area contributed by atoms with E-state index in [4.69, 9.17) is 4.42 Å². The molecule has 1 saturated carbocycles. The van der Waals surface area contributed by atoms with Gasteiger partial charge in [-0.25, -0.2) is 9.78 Å². The SMILES string of the molecule is CC(C)(C)N(C(=O)O)C1(c2ccc(-c3oc4ncn(CC(F)(F)F)c(=O)c4c3-c3ccccc3)cc2)CC(O)C1. The number of aliphatic hydroxyl groups excluding tert-OH is 1. The molecule has 2 N–H and O–H groups in total. The van der Waals surface area contributed by atoms with Crippen molar-refractivity contribution in [3.05, 3.63) is 76.8 Å². The van der Waals surface area contributed by atoms with E-state index in [2.05, 4.69) is 4.98 Å². The van der Waals surface area contributed by atoms with E-state index >= 15 is 0 Å². The molecule has 1 aliphatic rings. The summed E-state index contributed by atoms with van der Waals surface area (Å²) in [6, 6.07) is 15.6. The Morgan fingerprint density at radius 1 is 1.07 bits per heavy atom. The zero-order valence-corrected chi connectivity index (χ0v) is 22.1. The van der Waals surface area contributed by atoms with Crippen LogP contribution in [0.1, 0.15) is 39.2 Å². The number of carbonyl (C=O) groups is 1. The summed E-state index contributed by atoms with van der Waals surface area (Å²) in [6.45, 7) is 3.89. The smallest absolute Gasteiger partial charge is 0.408 e. The van der Waals surface area contributed by atoms with Gasteiger partial charge in [-0.2, -0.15) is 13.2 Å². The highest BCUT2D eigenvalue weighted by Crippen LogP contribution is 2.50. The van der Waals surface area contributed by atoms with Crippen molar-refractivity contribution in [1.29, 1.82) is 0 Å². The van der Waals surface area contributed by atoms with E-state index in [1.165, 1.54) is 4.90 Å². The maximum atomic E-state index is 13.2. The van der Waals surface area contributed by atoms with Gasteiger partial charge in [-0.05, 0) is 31.9 Å². The van der Waals surface area contributed by atoms with E-state index in [1.54, 1.807) is 75.4 Å². The Labute approximate surface area is 227 Å². The number of amides is 1. The normalized spacial score (nSPS) is 19.4. The van der Waals surface area contributed by atoms with E-state index in [0.29, 0.717) is 26.8 Å². The Bertz CT molecular complexity index is 1610. The molecule has 0 radical (unpaired) electrons. The van der Waals surface area contributed by atoms with Gasteiger partial charge in [0.2, 0.25) is 5.71 Å². The second-order valence-electron chi connectivity index (χ2n) is 11.1. The fourth-order valence-corrected chi connectivity index (χ4v) is 5.73. The average molecular weight is 556 g/mol. The van der Waals surface area contributed by atoms with Crippen LogP contribution >= 0.6 is 0 Å². The molecular formula is C29H28F3N3O5. The molecule has 0 aliphatic heterocycles. The second-order valence-corrected chi connectivity index (χ2v) is 11.1. The molecule has 0 atom stereocenters. The maximum absolute atomic E-state index is 13.2. The summed E-state index contributed by atoms with van der Waals surface area (Å²) in [6.07, 6.45) is -5.07. The molecule has 5 rings (SSSR count). The Morgan fingerprint density at radius 3 is 2.23 bits per heavy atom. The number of alkyl halides is 3. The lowest BCUT2D eigenvalue weighted by Gasteiger charge is -2.56. The van der Waals surface area contributed by atoms with Crippen LogP contribution in [0, 0.1) is 0 Å². The quantitative estimate of drug-likeness (QED) is 0.312. The molecule has 2 aromatic heterocycles. The second kappa shape index (κ2) is 9.51. The van der Waals surface area contributed by atoms with Crippen LogP contribution in [0.4, 0.5) is 18.0 Å². The van der Waals surface area contributed by atoms with Gasteiger partial charge in [-0.1, -0.05) is 54.6 Å². The number of nitrogens with zero attached hydrogens (tertiary/aromatic N) is 3. The molecule has 11 heteroatoms. The first-order valence-electron chi connectivity index (χ1n) is 12.7. The topological polar surface area (TPSA) is 109 Å². The van der Waals surface area contributed by atoms with Gasteiger partial charge in [0.1, 0.15) is 24.0 Å². The maximum Gasteiger partial charge on any atom is 0.408 e. The summed E-state index contributed by atoms with van der Waals surface area (Å²) >= 11 is 0. The molecule has 1 fully saturated rings. The Balaban J connectivity index is 1.66. The van der Waals surface area contributed by atoms with Crippen molar-refractivity contribution >= 4 is 17.2 Å². The summed E-state index contributed by atoms with van der Waals surface area (Å²) in [5.74, 6) is 0.246. The highest BCUT2D eigenvalue weighted by atomic mass is 19.4. The van der Waals surface area contributed by atoms with Crippen LogP contribution in [-0.2, 0) is 12.1 Å². The molecule has 0 saturated heterocycles. The number of halogens is 3. The molecular weight excluding hydrogens is 527 g/mol. The molecule has 210 valence electrons. The number of hydrogen-bond acceptors (Lipinski definition) is 5. The van der Waals surface area contributed by atoms with Crippen molar-refractivity contribution in [1.82, 2.24) is 14.5 Å². The molecule has 2 aromatic carbocycles. The molecule has 4 aromatic rings. The molecule has 0 unspecified atom stereocenters. The van der Waals surface area contributed by atoms with E-state index < -0.39 is 41.6 Å². The number of carboxylic acid groups (broad SMARTS) is 1. The lowest BCUT2D eigenvalue weighted by atomic mass is 9.67. The molecule has 0 bridgehead atoms. The predicted octanol–water partition coefficient (Wildman–Crippen LogP) is 6.01. The van der Waals surface area contributed by atoms with Gasteiger partial charge in [0.25, 0.3) is 5.56 Å². The zero-order chi connectivity index (χ0) is 29.0. The van der Waals surface area contributed by atoms with Crippen molar-refractivity contribution in [2.75, 3.05) is 0 Å². The number of furan rings is 1. The van der Waals surface area contributed by atoms with Crippen LogP contribution in [0.5, 0.6) is 0 Å². The Kier molecular flexibility index (Phi) is 6.53. The number of aliphatic hydroxyl groups is 1. The fraction of sp³-hybridized carbons (Fsp3) is 0.345. The van der Waals surface area contributed by atoms with Crippen LogP contribution in [0.3, 0.4) is 0 Å². The van der Waals surface area contributed by atoms with Crippen molar-refractivity contribution in [3.8, 4) is 22.5 Å². The van der Waals surface area contributed by atoms with E-state index in [0.717, 1.165) is 6.33 Å². The lowest BCUT2D eigenvalue weighted by molar-refractivity contribution is -0.141. The van der Waals surface area contributed by atoms with Crippen molar-refractivity contribution in [2.45, 2.75) is 63.5 Å². The predicted molar refractivity (Wildman–Crippen MR) is 142 cm³/mol. The van der Waals surface area contributed by atoms with Gasteiger partial charge in [0.15, 0.2) is 0 Å². The number of benzene rings is 2. The van der Waals surface area contributed by atoms with E-state index in [9.17, 15) is 33.0 Å². The minimum absolute atomic E-state index is 0.0691. The minimum atomic E-state index is -4.61. The summed E-state index contributed by atoms with van der Waals surface area (Å²) < 4.78 is 45.9. The first-order valence-corrected chi connectivity index (χ1v) is 12.7. The summed E-state index contributed by atoms with van der Waals surface area (Å²) in [4.78, 5) is 30.9. The highest BCUT2D eigenvalue weighted by molar-refractivity contribution is 5.99. The van der Waals surface area contributed by atoms with E-state index in [1.807, 2.05) is 0 Å². The van der Waals surface area contributed by atoms with Crippen LogP contribution in [-0.4, -0.2) is 48.6 Å². The number of rotatable bonds is 5. The van der Waals surface area contributed by atoms with Gasteiger partial charge in [-0.15, -0.1) is 0 Å².